The van der Waals surface area contributed by atoms with E-state index in [9.17, 15) is 0 Å². The van der Waals surface area contributed by atoms with Crippen molar-refractivity contribution in [3.63, 3.8) is 0 Å². The normalized spacial score (nSPS) is 11.5. The van der Waals surface area contributed by atoms with Gasteiger partial charge < -0.3 is 9.80 Å². The molecule has 0 aliphatic heterocycles. The lowest BCUT2D eigenvalue weighted by atomic mass is 9.94. The summed E-state index contributed by atoms with van der Waals surface area (Å²) in [6, 6.07) is 79.1. The molecule has 1 aromatic heterocycles. The highest BCUT2D eigenvalue weighted by atomic mass is 32.1. The van der Waals surface area contributed by atoms with Gasteiger partial charge in [0, 0.05) is 59.4 Å². The van der Waals surface area contributed by atoms with Crippen LogP contribution in [0.4, 0.5) is 34.1 Å². The lowest BCUT2D eigenvalue weighted by Crippen LogP contribution is -2.10. The highest BCUT2D eigenvalue weighted by molar-refractivity contribution is 7.27. The summed E-state index contributed by atoms with van der Waals surface area (Å²) in [5.74, 6) is 0. The van der Waals surface area contributed by atoms with Crippen LogP contribution in [-0.4, -0.2) is 0 Å². The van der Waals surface area contributed by atoms with Crippen LogP contribution in [0.25, 0.3) is 63.6 Å². The number of thiophene rings is 1. The fourth-order valence-corrected chi connectivity index (χ4v) is 9.86. The summed E-state index contributed by atoms with van der Waals surface area (Å²) in [7, 11) is 0. The van der Waals surface area contributed by atoms with Gasteiger partial charge in [-0.1, -0.05) is 146 Å². The van der Waals surface area contributed by atoms with Gasteiger partial charge in [-0.2, -0.15) is 0 Å². The van der Waals surface area contributed by atoms with Crippen molar-refractivity contribution in [2.24, 2.45) is 0 Å². The number of nitrogens with zero attached hydrogens (tertiary/aromatic N) is 2. The molecular formula is C54H36N2S. The van der Waals surface area contributed by atoms with Crippen LogP contribution < -0.4 is 9.80 Å². The molecule has 0 aliphatic rings. The molecule has 268 valence electrons. The second-order valence-corrected chi connectivity index (χ2v) is 15.6. The van der Waals surface area contributed by atoms with Gasteiger partial charge >= 0.3 is 0 Å². The first-order valence-corrected chi connectivity index (χ1v) is 20.2. The Kier molecular flexibility index (Phi) is 8.04. The highest BCUT2D eigenvalue weighted by Crippen LogP contribution is 2.47. The average molecular weight is 745 g/mol. The number of hydrogen-bond acceptors (Lipinski definition) is 3. The molecule has 0 saturated heterocycles. The summed E-state index contributed by atoms with van der Waals surface area (Å²) in [5, 5.41) is 10.2. The van der Waals surface area contributed by atoms with Crippen molar-refractivity contribution in [3.05, 3.63) is 218 Å². The van der Waals surface area contributed by atoms with Gasteiger partial charge in [-0.15, -0.1) is 11.3 Å². The van der Waals surface area contributed by atoms with Crippen molar-refractivity contribution in [2.75, 3.05) is 9.80 Å². The van der Waals surface area contributed by atoms with Crippen molar-refractivity contribution in [2.45, 2.75) is 0 Å². The van der Waals surface area contributed by atoms with E-state index in [-0.39, 0.29) is 0 Å². The van der Waals surface area contributed by atoms with E-state index < -0.39 is 0 Å². The van der Waals surface area contributed by atoms with Crippen LogP contribution in [0.15, 0.2) is 218 Å². The zero-order valence-corrected chi connectivity index (χ0v) is 31.9. The van der Waals surface area contributed by atoms with E-state index >= 15 is 0 Å². The zero-order chi connectivity index (χ0) is 37.7. The second kappa shape index (κ2) is 13.8. The summed E-state index contributed by atoms with van der Waals surface area (Å²) >= 11 is 1.90. The average Bonchev–Trinajstić information content (AvgIpc) is 3.67. The van der Waals surface area contributed by atoms with Gasteiger partial charge in [0.05, 0.1) is 5.69 Å². The minimum Gasteiger partial charge on any atom is -0.310 e. The first-order chi connectivity index (χ1) is 28.3. The molecule has 10 aromatic carbocycles. The number of para-hydroxylation sites is 3. The Labute approximate surface area is 335 Å². The maximum Gasteiger partial charge on any atom is 0.0540 e. The van der Waals surface area contributed by atoms with Crippen molar-refractivity contribution in [3.8, 4) is 11.1 Å². The number of benzene rings is 10. The third-order valence-corrected chi connectivity index (χ3v) is 12.4. The topological polar surface area (TPSA) is 6.48 Å². The minimum atomic E-state index is 1.12. The number of anilines is 6. The van der Waals surface area contributed by atoms with Gasteiger partial charge in [0.15, 0.2) is 0 Å². The standard InChI is InChI=1S/C54H36N2S/c1-4-17-40(18-5-1)55(41-19-6-2-7-20-41)44-32-34-49-52(36-44)57-54-48-33-29-39(35-50(48)46-24-12-13-25-47(46)53(49)54)37-27-30-43(31-28-37)56(42-21-8-3-9-22-42)51-26-14-16-38-15-10-11-23-45(38)51/h1-36H. The Balaban J connectivity index is 1.03. The Morgan fingerprint density at radius 2 is 0.825 bits per heavy atom. The molecular weight excluding hydrogens is 709 g/mol. The molecule has 0 N–H and O–H groups in total. The molecule has 57 heavy (non-hydrogen) atoms. The van der Waals surface area contributed by atoms with Crippen LogP contribution >= 0.6 is 11.3 Å². The van der Waals surface area contributed by atoms with Crippen LogP contribution in [0.1, 0.15) is 0 Å². The van der Waals surface area contributed by atoms with Gasteiger partial charge in [0.25, 0.3) is 0 Å². The van der Waals surface area contributed by atoms with Crippen LogP contribution in [0.5, 0.6) is 0 Å². The van der Waals surface area contributed by atoms with E-state index in [1.165, 1.54) is 63.6 Å². The third kappa shape index (κ3) is 5.71. The Bertz CT molecular complexity index is 3180. The molecule has 0 bridgehead atoms. The van der Waals surface area contributed by atoms with Crippen molar-refractivity contribution in [1.29, 1.82) is 0 Å². The predicted octanol–water partition coefficient (Wildman–Crippen LogP) is 16.1. The van der Waals surface area contributed by atoms with E-state index in [1.54, 1.807) is 0 Å². The summed E-state index contributed by atoms with van der Waals surface area (Å²) in [5.41, 5.74) is 9.25. The SMILES string of the molecule is c1ccc(N(c2ccccc2)c2ccc3c(c2)sc2c4ccc(-c5ccc(N(c6ccccc6)c6cccc7ccccc67)cc5)cc4c4ccccc4c32)cc1. The van der Waals surface area contributed by atoms with Crippen LogP contribution in [0, 0.1) is 0 Å². The van der Waals surface area contributed by atoms with Crippen molar-refractivity contribution in [1.82, 2.24) is 0 Å². The third-order valence-electron chi connectivity index (χ3n) is 11.2. The molecule has 0 aliphatic carbocycles. The molecule has 0 atom stereocenters. The first-order valence-electron chi connectivity index (χ1n) is 19.4. The molecule has 0 saturated carbocycles. The number of hydrogen-bond donors (Lipinski definition) is 0. The van der Waals surface area contributed by atoms with Crippen LogP contribution in [0.3, 0.4) is 0 Å². The molecule has 3 heteroatoms. The quantitative estimate of drug-likeness (QED) is 0.150. The Morgan fingerprint density at radius 3 is 1.53 bits per heavy atom. The highest BCUT2D eigenvalue weighted by Gasteiger charge is 2.19. The Hall–Kier alpha value is -7.20. The molecule has 11 aromatic rings. The maximum absolute atomic E-state index is 2.40. The molecule has 2 nitrogen and oxygen atoms in total. The maximum atomic E-state index is 2.40. The van der Waals surface area contributed by atoms with E-state index in [4.69, 9.17) is 0 Å². The van der Waals surface area contributed by atoms with E-state index in [0.29, 0.717) is 0 Å². The summed E-state index contributed by atoms with van der Waals surface area (Å²) in [6.45, 7) is 0. The number of rotatable bonds is 7. The van der Waals surface area contributed by atoms with Gasteiger partial charge in [-0.3, -0.25) is 0 Å². The summed E-state index contributed by atoms with van der Waals surface area (Å²) in [6.07, 6.45) is 0. The van der Waals surface area contributed by atoms with Gasteiger partial charge in [0.2, 0.25) is 0 Å². The lowest BCUT2D eigenvalue weighted by molar-refractivity contribution is 1.29. The van der Waals surface area contributed by atoms with Gasteiger partial charge in [-0.05, 0) is 105 Å². The Morgan fingerprint density at radius 1 is 0.298 bits per heavy atom. The lowest BCUT2D eigenvalue weighted by Gasteiger charge is -2.27. The largest absolute Gasteiger partial charge is 0.310 e. The van der Waals surface area contributed by atoms with E-state index in [0.717, 1.165) is 34.1 Å². The van der Waals surface area contributed by atoms with Crippen molar-refractivity contribution < 1.29 is 0 Å². The molecule has 0 amide bonds. The molecule has 1 heterocycles. The van der Waals surface area contributed by atoms with Crippen molar-refractivity contribution >= 4 is 98.0 Å². The monoisotopic (exact) mass is 744 g/mol. The molecule has 0 radical (unpaired) electrons. The molecule has 11 rings (SSSR count). The fraction of sp³-hybridized carbons (Fsp3) is 0. The molecule has 0 fully saturated rings. The van der Waals surface area contributed by atoms with E-state index in [1.807, 2.05) is 11.3 Å². The van der Waals surface area contributed by atoms with Gasteiger partial charge in [-0.25, -0.2) is 0 Å². The first kappa shape index (κ1) is 33.2. The minimum absolute atomic E-state index is 1.12. The smallest absolute Gasteiger partial charge is 0.0540 e. The fourth-order valence-electron chi connectivity index (χ4n) is 8.57. The molecule has 0 unspecified atom stereocenters. The second-order valence-electron chi connectivity index (χ2n) is 14.5. The van der Waals surface area contributed by atoms with Crippen LogP contribution in [0.2, 0.25) is 0 Å². The summed E-state index contributed by atoms with van der Waals surface area (Å²) < 4.78 is 2.61. The predicted molar refractivity (Wildman–Crippen MR) is 247 cm³/mol. The zero-order valence-electron chi connectivity index (χ0n) is 31.1. The number of fused-ring (bicyclic) bond motifs is 9. The summed E-state index contributed by atoms with van der Waals surface area (Å²) in [4.78, 5) is 4.71. The molecule has 0 spiro atoms. The van der Waals surface area contributed by atoms with E-state index in [2.05, 4.69) is 228 Å². The van der Waals surface area contributed by atoms with Gasteiger partial charge in [0.1, 0.15) is 0 Å². The van der Waals surface area contributed by atoms with Crippen LogP contribution in [-0.2, 0) is 0 Å².